The number of hydrogen-bond acceptors (Lipinski definition) is 22. The Balaban J connectivity index is 1.84. The summed E-state index contributed by atoms with van der Waals surface area (Å²) in [4.78, 5) is 282. The summed E-state index contributed by atoms with van der Waals surface area (Å²) in [7, 11) is 0. The standard InChI is InChI=1S/C84H122N18O26/c1-42(2)34-56(96-74(117)53(26-30-63(86)104)92-71(114)46(8)89-77(120)58(37-49-20-14-11-15-21-49)99-81(124)59(95-70(113)45(7)85)38-50-22-16-12-17-23-50)79(122)94-54(27-31-64(87)105)75(118)97-57(35-43(3)4)80(123)100-61(40-68(111)112)78(121)90-47(9)72(115)93-55(29-33-67(109)110)76(119)102-69(48(10)103)83(126)88-41-65(106)91-52(28-32-66(107)108)73(116)98-60(39-51-24-18-13-19-25-51)82(125)101-62(84(127)128)36-44(5)6/h11-25,42-48,52-62,69,103H,26-41,85H2,1-10H3,(H2,86,104)(H2,87,105)(H,88,126)(H,89,120)(H,90,121)(H,91,106)(H,92,114)(H,93,115)(H,94,122)(H,95,113)(H,96,117)(H,97,118)(H,98,116)(H,99,124)(H,100,123)(H,101,125)(H,102,119)(H,107,108)(H,109,110)(H,111,112)(H,127,128)/p+1/t45-,46-,47-,48+,52-,53-,54-,55-,56-,57-,58-,59-,60-,61-,62-,69-/m0/s1. The Morgan fingerprint density at radius 2 is 0.578 bits per heavy atom. The molecule has 704 valence electrons. The van der Waals surface area contributed by atoms with Gasteiger partial charge in [0.05, 0.1) is 19.1 Å². The minimum Gasteiger partial charge on any atom is -0.481 e. The number of amides is 17. The fourth-order valence-electron chi connectivity index (χ4n) is 12.6. The predicted molar refractivity (Wildman–Crippen MR) is 455 cm³/mol. The van der Waals surface area contributed by atoms with Crippen LogP contribution in [-0.4, -0.2) is 253 Å². The third kappa shape index (κ3) is 41.5. The van der Waals surface area contributed by atoms with E-state index in [1.165, 1.54) is 13.8 Å². The molecule has 0 saturated heterocycles. The molecule has 3 aromatic rings. The van der Waals surface area contributed by atoms with Crippen molar-refractivity contribution in [2.75, 3.05) is 6.54 Å². The number of aliphatic hydroxyl groups excluding tert-OH is 1. The van der Waals surface area contributed by atoms with Gasteiger partial charge in [0.2, 0.25) is 94.5 Å². The zero-order chi connectivity index (χ0) is 96.4. The number of carbonyl (C=O) groups excluding carboxylic acids is 17. The molecule has 0 aliphatic rings. The SMILES string of the molecule is CC(C)C[C@H](NC(=O)[C@H](Cc1ccccc1)NC(=O)[C@H](CCC(=O)O)NC(=O)CNC(=O)[C@@H](NC(=O)[C@H](CCC(=O)O)NC(=O)[C@H](C)NC(=O)[C@H](CC(=O)O)NC(=O)[C@H](CC(C)C)NC(=O)[C@H](CCC(N)=O)NC(=O)[C@H](CC(C)C)NC(=O)[C@H](CCC(N)=O)NC(=O)[C@H](C)NC(=O)[C@H](Cc1ccccc1)NC(=O)[C@H](Cc1ccccc1)NC(=O)[C@H](C)[NH3+])[C@@H](C)O)C(=O)O. The lowest BCUT2D eigenvalue weighted by atomic mass is 10.00. The highest BCUT2D eigenvalue weighted by molar-refractivity contribution is 6.01. The van der Waals surface area contributed by atoms with Gasteiger partial charge in [0, 0.05) is 44.9 Å². The van der Waals surface area contributed by atoms with Crippen molar-refractivity contribution in [3.63, 3.8) is 0 Å². The fraction of sp³-hybridized carbons (Fsp3) is 0.536. The zero-order valence-electron chi connectivity index (χ0n) is 73.1. The Hall–Kier alpha value is -13.6. The molecule has 0 radical (unpaired) electrons. The normalized spacial score (nSPS) is 14.8. The highest BCUT2D eigenvalue weighted by Gasteiger charge is 2.39. The lowest BCUT2D eigenvalue weighted by Crippen LogP contribution is -2.67. The first-order chi connectivity index (χ1) is 60.0. The third-order valence-corrected chi connectivity index (χ3v) is 19.4. The van der Waals surface area contributed by atoms with Crippen LogP contribution in [-0.2, 0) is 120 Å². The first-order valence-corrected chi connectivity index (χ1v) is 41.6. The first kappa shape index (κ1) is 109. The van der Waals surface area contributed by atoms with Gasteiger partial charge in [-0.25, -0.2) is 4.79 Å². The first-order valence-electron chi connectivity index (χ1n) is 41.6. The Kier molecular flexibility index (Phi) is 46.7. The third-order valence-electron chi connectivity index (χ3n) is 19.4. The topological polar surface area (TPSA) is 720 Å². The summed E-state index contributed by atoms with van der Waals surface area (Å²) in [5, 5.41) is 85.4. The number of nitrogens with one attached hydrogen (secondary N) is 15. The summed E-state index contributed by atoms with van der Waals surface area (Å²) in [5.74, 6) is -25.3. The van der Waals surface area contributed by atoms with Crippen molar-refractivity contribution in [2.45, 2.75) is 262 Å². The molecule has 0 spiro atoms. The smallest absolute Gasteiger partial charge is 0.326 e. The van der Waals surface area contributed by atoms with Crippen molar-refractivity contribution in [1.82, 2.24) is 79.8 Å². The summed E-state index contributed by atoms with van der Waals surface area (Å²) in [6.45, 7) is 13.7. The number of aliphatic hydroxyl groups is 1. The summed E-state index contributed by atoms with van der Waals surface area (Å²) < 4.78 is 0. The predicted octanol–water partition coefficient (Wildman–Crippen LogP) is -5.37. The fourth-order valence-corrected chi connectivity index (χ4v) is 12.6. The monoisotopic (exact) mass is 1800 g/mol. The lowest BCUT2D eigenvalue weighted by Gasteiger charge is -2.28. The van der Waals surface area contributed by atoms with E-state index in [1.54, 1.807) is 133 Å². The Bertz CT molecular complexity index is 4350. The van der Waals surface area contributed by atoms with Crippen molar-refractivity contribution in [3.8, 4) is 0 Å². The molecule has 0 aromatic heterocycles. The van der Waals surface area contributed by atoms with Crippen molar-refractivity contribution in [3.05, 3.63) is 108 Å². The van der Waals surface area contributed by atoms with E-state index in [2.05, 4.69) is 85.5 Å². The molecule has 3 aromatic carbocycles. The van der Waals surface area contributed by atoms with Gasteiger partial charge in [-0.2, -0.15) is 0 Å². The minimum absolute atomic E-state index is 0.00344. The van der Waals surface area contributed by atoms with Crippen LogP contribution in [0.25, 0.3) is 0 Å². The highest BCUT2D eigenvalue weighted by atomic mass is 16.4. The molecule has 0 unspecified atom stereocenters. The average molecular weight is 1800 g/mol. The molecule has 16 atom stereocenters. The maximum atomic E-state index is 14.5. The van der Waals surface area contributed by atoms with Crippen LogP contribution in [0.3, 0.4) is 0 Å². The van der Waals surface area contributed by atoms with Crippen LogP contribution in [0.2, 0.25) is 0 Å². The van der Waals surface area contributed by atoms with Gasteiger partial charge in [0.25, 0.3) is 5.91 Å². The molecule has 0 aliphatic heterocycles. The summed E-state index contributed by atoms with van der Waals surface area (Å²) >= 11 is 0. The van der Waals surface area contributed by atoms with Crippen LogP contribution in [0.5, 0.6) is 0 Å². The molecule has 3 rings (SSSR count). The highest BCUT2D eigenvalue weighted by Crippen LogP contribution is 2.16. The molecule has 0 aliphatic carbocycles. The molecule has 0 bridgehead atoms. The van der Waals surface area contributed by atoms with E-state index in [0.717, 1.165) is 13.8 Å². The molecule has 27 N–H and O–H groups in total. The van der Waals surface area contributed by atoms with Gasteiger partial charge in [-0.15, -0.1) is 0 Å². The van der Waals surface area contributed by atoms with Crippen LogP contribution in [0, 0.1) is 17.8 Å². The number of carboxylic acid groups (broad SMARTS) is 4. The van der Waals surface area contributed by atoms with Gasteiger partial charge in [-0.3, -0.25) is 95.9 Å². The van der Waals surface area contributed by atoms with Crippen molar-refractivity contribution in [2.24, 2.45) is 29.2 Å². The Labute approximate surface area is 738 Å². The van der Waals surface area contributed by atoms with Gasteiger partial charge in [-0.05, 0) is 107 Å². The van der Waals surface area contributed by atoms with E-state index in [0.29, 0.717) is 16.7 Å². The van der Waals surface area contributed by atoms with E-state index in [4.69, 9.17) is 11.5 Å². The molecular formula is C84H123N18O26+. The van der Waals surface area contributed by atoms with Crippen LogP contribution in [0.4, 0.5) is 0 Å². The van der Waals surface area contributed by atoms with E-state index in [9.17, 15) is 126 Å². The summed E-state index contributed by atoms with van der Waals surface area (Å²) in [5.41, 5.74) is 16.5. The Morgan fingerprint density at radius 1 is 0.305 bits per heavy atom. The number of quaternary nitrogens is 1. The molecule has 44 nitrogen and oxygen atoms in total. The van der Waals surface area contributed by atoms with Crippen molar-refractivity contribution < 1.29 is 132 Å². The maximum Gasteiger partial charge on any atom is 0.326 e. The second-order valence-corrected chi connectivity index (χ2v) is 32.3. The van der Waals surface area contributed by atoms with Crippen LogP contribution in [0.15, 0.2) is 91.0 Å². The number of benzene rings is 3. The van der Waals surface area contributed by atoms with Gasteiger partial charge < -0.3 is 122 Å². The minimum atomic E-state index is -2.09. The van der Waals surface area contributed by atoms with E-state index in [-0.39, 0.29) is 44.4 Å². The molecule has 0 heterocycles. The van der Waals surface area contributed by atoms with E-state index in [1.807, 2.05) is 0 Å². The van der Waals surface area contributed by atoms with Gasteiger partial charge >= 0.3 is 23.9 Å². The lowest BCUT2D eigenvalue weighted by molar-refractivity contribution is -0.398. The number of carboxylic acids is 4. The quantitative estimate of drug-likeness (QED) is 0.0251. The number of aliphatic carboxylic acids is 4. The van der Waals surface area contributed by atoms with E-state index >= 15 is 0 Å². The van der Waals surface area contributed by atoms with Crippen molar-refractivity contribution >= 4 is 124 Å². The number of primary amides is 2. The van der Waals surface area contributed by atoms with Gasteiger partial charge in [0.15, 0.2) is 6.04 Å². The summed E-state index contributed by atoms with van der Waals surface area (Å²) in [6.07, 6.45) is -8.83. The number of carbonyl (C=O) groups is 21. The molecule has 0 saturated carbocycles. The number of rotatable bonds is 58. The molecular weight excluding hydrogens is 1680 g/mol. The number of hydrogen-bond donors (Lipinski definition) is 23. The Morgan fingerprint density at radius 3 is 0.906 bits per heavy atom. The average Bonchev–Trinajstić information content (AvgIpc) is 0.855. The van der Waals surface area contributed by atoms with Gasteiger partial charge in [-0.1, -0.05) is 133 Å². The molecule has 44 heteroatoms. The van der Waals surface area contributed by atoms with Crippen LogP contribution >= 0.6 is 0 Å². The van der Waals surface area contributed by atoms with Crippen molar-refractivity contribution in [1.29, 1.82) is 0 Å². The molecule has 17 amide bonds. The van der Waals surface area contributed by atoms with Gasteiger partial charge in [0.1, 0.15) is 84.6 Å². The van der Waals surface area contributed by atoms with Crippen LogP contribution < -0.4 is 97.0 Å². The van der Waals surface area contributed by atoms with Crippen LogP contribution in [0.1, 0.15) is 163 Å². The second kappa shape index (κ2) is 55.0. The molecule has 128 heavy (non-hydrogen) atoms. The second-order valence-electron chi connectivity index (χ2n) is 32.3. The zero-order valence-corrected chi connectivity index (χ0v) is 73.1. The van der Waals surface area contributed by atoms with E-state index < -0.39 is 297 Å². The molecule has 0 fully saturated rings. The maximum absolute atomic E-state index is 14.5. The number of nitrogens with two attached hydrogens (primary N) is 2. The largest absolute Gasteiger partial charge is 0.481 e. The summed E-state index contributed by atoms with van der Waals surface area (Å²) in [6, 6.07) is 1.36.